The first-order chi connectivity index (χ1) is 10.8. The fourth-order valence-electron chi connectivity index (χ4n) is 1.84. The van der Waals surface area contributed by atoms with E-state index in [2.05, 4.69) is 11.3 Å². The van der Waals surface area contributed by atoms with Crippen molar-refractivity contribution in [1.29, 1.82) is 0 Å². The highest BCUT2D eigenvalue weighted by atomic mass is 32.2. The molecule has 0 saturated heterocycles. The van der Waals surface area contributed by atoms with E-state index in [1.54, 1.807) is 6.92 Å². The van der Waals surface area contributed by atoms with Crippen molar-refractivity contribution in [2.24, 2.45) is 4.40 Å². The van der Waals surface area contributed by atoms with Crippen LogP contribution in [0, 0.1) is 0 Å². The molecule has 0 aliphatic rings. The van der Waals surface area contributed by atoms with Gasteiger partial charge >= 0.3 is 5.97 Å². The van der Waals surface area contributed by atoms with Gasteiger partial charge in [0.15, 0.2) is 5.71 Å². The maximum absolute atomic E-state index is 12.3. The van der Waals surface area contributed by atoms with Crippen molar-refractivity contribution in [3.8, 4) is 0 Å². The van der Waals surface area contributed by atoms with Gasteiger partial charge in [0.25, 0.3) is 0 Å². The predicted octanol–water partition coefficient (Wildman–Crippen LogP) is 3.84. The molecule has 5 heteroatoms. The van der Waals surface area contributed by atoms with Crippen LogP contribution in [-0.4, -0.2) is 27.2 Å². The molecule has 128 valence electrons. The molecule has 1 aromatic rings. The fourth-order valence-corrected chi connectivity index (χ4v) is 2.46. The minimum atomic E-state index is -1.52. The molecule has 1 rings (SSSR count). The molecular formula is C18H27NO3S. The molecule has 0 unspecified atom stereocenters. The van der Waals surface area contributed by atoms with Crippen LogP contribution in [0.25, 0.3) is 0 Å². The lowest BCUT2D eigenvalue weighted by molar-refractivity contribution is -0.134. The third-order valence-corrected chi connectivity index (χ3v) is 4.61. The van der Waals surface area contributed by atoms with E-state index in [1.807, 2.05) is 45.0 Å². The van der Waals surface area contributed by atoms with Crippen LogP contribution in [0.1, 0.15) is 58.6 Å². The van der Waals surface area contributed by atoms with Crippen molar-refractivity contribution < 1.29 is 13.7 Å². The van der Waals surface area contributed by atoms with Crippen molar-refractivity contribution in [2.45, 2.75) is 58.6 Å². The highest BCUT2D eigenvalue weighted by molar-refractivity contribution is 7.85. The molecule has 23 heavy (non-hydrogen) atoms. The Balaban J connectivity index is 3.12. The van der Waals surface area contributed by atoms with E-state index in [0.717, 1.165) is 19.3 Å². The number of nitrogens with zero attached hydrogens (tertiary/aromatic N) is 1. The average Bonchev–Trinajstić information content (AvgIpc) is 2.50. The molecule has 0 spiro atoms. The summed E-state index contributed by atoms with van der Waals surface area (Å²) in [4.78, 5) is 12.2. The highest BCUT2D eigenvalue weighted by Gasteiger charge is 2.23. The molecule has 1 aromatic carbocycles. The number of hydrogen-bond acceptors (Lipinski definition) is 3. The maximum atomic E-state index is 12.3. The number of aryl methyl sites for hydroxylation is 1. The average molecular weight is 337 g/mol. The van der Waals surface area contributed by atoms with Gasteiger partial charge in [0, 0.05) is 5.56 Å². The van der Waals surface area contributed by atoms with Gasteiger partial charge in [0.1, 0.15) is 11.0 Å². The molecular weight excluding hydrogens is 310 g/mol. The highest BCUT2D eigenvalue weighted by Crippen LogP contribution is 2.16. The van der Waals surface area contributed by atoms with Gasteiger partial charge in [-0.3, -0.25) is 0 Å². The van der Waals surface area contributed by atoms with Crippen LogP contribution in [0.3, 0.4) is 0 Å². The van der Waals surface area contributed by atoms with E-state index in [9.17, 15) is 9.00 Å². The molecule has 1 atom stereocenters. The first-order valence-corrected chi connectivity index (χ1v) is 9.17. The summed E-state index contributed by atoms with van der Waals surface area (Å²) in [5.74, 6) is -0.536. The van der Waals surface area contributed by atoms with Crippen LogP contribution in [0.5, 0.6) is 0 Å². The fraction of sp³-hybridized carbons (Fsp3) is 0.556. The Hall–Kier alpha value is -1.49. The summed E-state index contributed by atoms with van der Waals surface area (Å²) in [5, 5.41) is 0. The van der Waals surface area contributed by atoms with Gasteiger partial charge in [-0.25, -0.2) is 9.00 Å². The van der Waals surface area contributed by atoms with Gasteiger partial charge in [-0.05, 0) is 46.1 Å². The van der Waals surface area contributed by atoms with E-state index in [4.69, 9.17) is 4.74 Å². The molecule has 0 aliphatic carbocycles. The largest absolute Gasteiger partial charge is 0.461 e. The lowest BCUT2D eigenvalue weighted by atomic mass is 10.0. The topological polar surface area (TPSA) is 55.7 Å². The zero-order valence-corrected chi connectivity index (χ0v) is 15.5. The van der Waals surface area contributed by atoms with Crippen LogP contribution in [0.4, 0.5) is 0 Å². The summed E-state index contributed by atoms with van der Waals surface area (Å²) in [6.07, 6.45) is 3.28. The van der Waals surface area contributed by atoms with Gasteiger partial charge < -0.3 is 4.74 Å². The normalized spacial score (nSPS) is 13.7. The number of rotatable bonds is 7. The standard InChI is InChI=1S/C18H27NO3S/c1-6-8-9-14-10-12-15(13-11-14)16(17(20)22-7-2)19-23(21)18(3,4)5/h10-13H,6-9H2,1-5H3/b19-16+/t23-/m1/s1. The molecule has 0 aliphatic heterocycles. The maximum Gasteiger partial charge on any atom is 0.358 e. The van der Waals surface area contributed by atoms with Crippen molar-refractivity contribution in [3.63, 3.8) is 0 Å². The minimum Gasteiger partial charge on any atom is -0.461 e. The Kier molecular flexibility index (Phi) is 7.62. The van der Waals surface area contributed by atoms with E-state index in [0.29, 0.717) is 5.56 Å². The predicted molar refractivity (Wildman–Crippen MR) is 96.1 cm³/mol. The quantitative estimate of drug-likeness (QED) is 0.561. The molecule has 0 fully saturated rings. The van der Waals surface area contributed by atoms with Crippen LogP contribution >= 0.6 is 0 Å². The summed E-state index contributed by atoms with van der Waals surface area (Å²) in [5.41, 5.74) is 1.99. The van der Waals surface area contributed by atoms with Gasteiger partial charge in [-0.15, -0.1) is 0 Å². The zero-order valence-electron chi connectivity index (χ0n) is 14.7. The van der Waals surface area contributed by atoms with E-state index >= 15 is 0 Å². The number of carbonyl (C=O) groups is 1. The molecule has 0 aromatic heterocycles. The van der Waals surface area contributed by atoms with Gasteiger partial charge in [0.05, 0.1) is 11.4 Å². The Labute approximate surface area is 141 Å². The number of hydrogen-bond donors (Lipinski definition) is 0. The number of benzene rings is 1. The third kappa shape index (κ3) is 6.26. The molecule has 0 heterocycles. The molecule has 4 nitrogen and oxygen atoms in total. The molecule has 0 amide bonds. The summed E-state index contributed by atoms with van der Waals surface area (Å²) in [7, 11) is -1.52. The monoisotopic (exact) mass is 337 g/mol. The first-order valence-electron chi connectivity index (χ1n) is 8.06. The molecule has 0 N–H and O–H groups in total. The van der Waals surface area contributed by atoms with Crippen molar-refractivity contribution in [3.05, 3.63) is 35.4 Å². The Morgan fingerprint density at radius 1 is 1.17 bits per heavy atom. The van der Waals surface area contributed by atoms with Crippen molar-refractivity contribution in [2.75, 3.05) is 6.61 Å². The zero-order chi connectivity index (χ0) is 17.5. The molecule has 0 radical (unpaired) electrons. The van der Waals surface area contributed by atoms with Crippen LogP contribution in [0.15, 0.2) is 28.7 Å². The summed E-state index contributed by atoms with van der Waals surface area (Å²) < 4.78 is 21.0. The number of esters is 1. The second kappa shape index (κ2) is 8.96. The number of ether oxygens (including phenoxy) is 1. The Morgan fingerprint density at radius 2 is 1.78 bits per heavy atom. The van der Waals surface area contributed by atoms with E-state index < -0.39 is 21.7 Å². The Bertz CT molecular complexity index is 571. The Morgan fingerprint density at radius 3 is 2.26 bits per heavy atom. The second-order valence-electron chi connectivity index (χ2n) is 6.32. The van der Waals surface area contributed by atoms with E-state index in [-0.39, 0.29) is 12.3 Å². The smallest absolute Gasteiger partial charge is 0.358 e. The summed E-state index contributed by atoms with van der Waals surface area (Å²) in [6, 6.07) is 7.67. The van der Waals surface area contributed by atoms with Crippen LogP contribution in [-0.2, 0) is 26.9 Å². The summed E-state index contributed by atoms with van der Waals surface area (Å²) >= 11 is 0. The molecule has 0 bridgehead atoms. The summed E-state index contributed by atoms with van der Waals surface area (Å²) in [6.45, 7) is 9.62. The third-order valence-electron chi connectivity index (χ3n) is 3.21. The van der Waals surface area contributed by atoms with Gasteiger partial charge in [-0.2, -0.15) is 4.40 Å². The van der Waals surface area contributed by atoms with E-state index in [1.165, 1.54) is 5.56 Å². The second-order valence-corrected chi connectivity index (χ2v) is 8.23. The van der Waals surface area contributed by atoms with Gasteiger partial charge in [-0.1, -0.05) is 37.6 Å². The molecule has 0 saturated carbocycles. The lowest BCUT2D eigenvalue weighted by Gasteiger charge is -2.15. The number of unbranched alkanes of at least 4 members (excludes halogenated alkanes) is 1. The first kappa shape index (κ1) is 19.6. The van der Waals surface area contributed by atoms with Crippen LogP contribution in [0.2, 0.25) is 0 Å². The van der Waals surface area contributed by atoms with Crippen molar-refractivity contribution >= 4 is 22.7 Å². The number of carbonyl (C=O) groups excluding carboxylic acids is 1. The van der Waals surface area contributed by atoms with Crippen LogP contribution < -0.4 is 0 Å². The van der Waals surface area contributed by atoms with Gasteiger partial charge in [0.2, 0.25) is 0 Å². The minimum absolute atomic E-state index is 0.127. The SMILES string of the molecule is CCCCc1ccc(/C(=N\[S@](=O)C(C)(C)C)C(=O)OCC)cc1. The van der Waals surface area contributed by atoms with Crippen molar-refractivity contribution in [1.82, 2.24) is 0 Å². The lowest BCUT2D eigenvalue weighted by Crippen LogP contribution is -2.25.